The number of carbonyl (C=O) groups excluding carboxylic acids is 1. The SMILES string of the molecule is O=C1C(/C(=N\O)c2cc(-c3ccncc3)nc(Cl)n2)CCC[C@@]12CCCCC21OCCO1. The second kappa shape index (κ2) is 8.50. The third-order valence-corrected chi connectivity index (χ3v) is 7.27. The van der Waals surface area contributed by atoms with E-state index in [1.165, 1.54) is 0 Å². The molecule has 0 radical (unpaired) electrons. The van der Waals surface area contributed by atoms with E-state index in [2.05, 4.69) is 20.1 Å². The number of hydrogen-bond acceptors (Lipinski definition) is 8. The van der Waals surface area contributed by atoms with Crippen molar-refractivity contribution in [2.24, 2.45) is 16.5 Å². The van der Waals surface area contributed by atoms with Gasteiger partial charge in [-0.2, -0.15) is 0 Å². The first-order valence-corrected chi connectivity index (χ1v) is 11.5. The molecule has 1 unspecified atom stereocenters. The van der Waals surface area contributed by atoms with Crippen molar-refractivity contribution in [1.82, 2.24) is 15.0 Å². The summed E-state index contributed by atoms with van der Waals surface area (Å²) in [4.78, 5) is 26.7. The highest BCUT2D eigenvalue weighted by molar-refractivity contribution is 6.28. The number of carbonyl (C=O) groups is 1. The molecule has 2 spiro atoms. The third kappa shape index (κ3) is 3.41. The molecule has 168 valence electrons. The average molecular weight is 457 g/mol. The number of pyridine rings is 1. The van der Waals surface area contributed by atoms with Gasteiger partial charge in [0.2, 0.25) is 5.28 Å². The quantitative estimate of drug-likeness (QED) is 0.321. The standard InChI is InChI=1S/C23H25ClN4O4/c24-21-26-17(15-5-10-25-11-6-15)14-18(27-21)19(28-30)16-4-3-8-22(20(16)29)7-1-2-9-23(22)31-12-13-32-23/h5-6,10-11,14,16,30H,1-4,7-9,12-13H2/b28-19+/t16?,22-/m0/s1. The van der Waals surface area contributed by atoms with E-state index in [-0.39, 0.29) is 16.8 Å². The summed E-state index contributed by atoms with van der Waals surface area (Å²) >= 11 is 6.22. The minimum absolute atomic E-state index is 0.0124. The maximum absolute atomic E-state index is 14.0. The highest BCUT2D eigenvalue weighted by Crippen LogP contribution is 2.56. The van der Waals surface area contributed by atoms with Crippen molar-refractivity contribution in [1.29, 1.82) is 0 Å². The van der Waals surface area contributed by atoms with Crippen LogP contribution in [0.1, 0.15) is 50.6 Å². The molecular weight excluding hydrogens is 432 g/mol. The van der Waals surface area contributed by atoms with Gasteiger partial charge >= 0.3 is 0 Å². The van der Waals surface area contributed by atoms with Gasteiger partial charge in [-0.05, 0) is 55.5 Å². The van der Waals surface area contributed by atoms with Crippen LogP contribution >= 0.6 is 11.6 Å². The molecule has 3 heterocycles. The maximum Gasteiger partial charge on any atom is 0.223 e. The predicted molar refractivity (Wildman–Crippen MR) is 116 cm³/mol. The van der Waals surface area contributed by atoms with E-state index in [4.69, 9.17) is 21.1 Å². The van der Waals surface area contributed by atoms with Crippen molar-refractivity contribution in [2.45, 2.75) is 50.7 Å². The van der Waals surface area contributed by atoms with Crippen molar-refractivity contribution in [3.8, 4) is 11.3 Å². The molecule has 5 rings (SSSR count). The van der Waals surface area contributed by atoms with Crippen LogP contribution in [-0.4, -0.2) is 50.7 Å². The number of fused-ring (bicyclic) bond motifs is 1. The van der Waals surface area contributed by atoms with Crippen LogP contribution in [0.15, 0.2) is 35.7 Å². The van der Waals surface area contributed by atoms with E-state index in [1.807, 2.05) is 0 Å². The van der Waals surface area contributed by atoms with Gasteiger partial charge in [0.25, 0.3) is 0 Å². The molecule has 1 aliphatic heterocycles. The van der Waals surface area contributed by atoms with Gasteiger partial charge in [-0.25, -0.2) is 9.97 Å². The van der Waals surface area contributed by atoms with E-state index in [0.29, 0.717) is 50.3 Å². The topological polar surface area (TPSA) is 107 Å². The van der Waals surface area contributed by atoms with E-state index in [1.54, 1.807) is 30.6 Å². The lowest BCUT2D eigenvalue weighted by atomic mass is 9.57. The molecule has 0 amide bonds. The fraction of sp³-hybridized carbons (Fsp3) is 0.522. The van der Waals surface area contributed by atoms with Crippen LogP contribution in [-0.2, 0) is 14.3 Å². The third-order valence-electron chi connectivity index (χ3n) is 7.10. The zero-order valence-corrected chi connectivity index (χ0v) is 18.4. The second-order valence-corrected chi connectivity index (χ2v) is 9.01. The number of rotatable bonds is 3. The predicted octanol–water partition coefficient (Wildman–Crippen LogP) is 4.04. The molecule has 2 atom stereocenters. The molecule has 0 aromatic carbocycles. The lowest BCUT2D eigenvalue weighted by molar-refractivity contribution is -0.255. The molecule has 3 aliphatic rings. The van der Waals surface area contributed by atoms with Gasteiger partial charge in [0.1, 0.15) is 5.71 Å². The van der Waals surface area contributed by atoms with Crippen molar-refractivity contribution in [3.63, 3.8) is 0 Å². The first kappa shape index (κ1) is 21.4. The first-order chi connectivity index (χ1) is 15.6. The van der Waals surface area contributed by atoms with Crippen LogP contribution in [0.4, 0.5) is 0 Å². The second-order valence-electron chi connectivity index (χ2n) is 8.68. The molecule has 8 nitrogen and oxygen atoms in total. The van der Waals surface area contributed by atoms with E-state index in [9.17, 15) is 10.0 Å². The maximum atomic E-state index is 14.0. The summed E-state index contributed by atoms with van der Waals surface area (Å²) in [6.45, 7) is 0.995. The molecule has 2 aromatic heterocycles. The molecular formula is C23H25ClN4O4. The van der Waals surface area contributed by atoms with Crippen LogP contribution in [0.5, 0.6) is 0 Å². The highest BCUT2D eigenvalue weighted by Gasteiger charge is 2.63. The summed E-state index contributed by atoms with van der Waals surface area (Å²) in [5.74, 6) is -1.47. The molecule has 0 bridgehead atoms. The van der Waals surface area contributed by atoms with E-state index >= 15 is 0 Å². The minimum Gasteiger partial charge on any atom is -0.411 e. The summed E-state index contributed by atoms with van der Waals surface area (Å²) in [6.07, 6.45) is 8.75. The number of oxime groups is 1. The molecule has 9 heteroatoms. The Kier molecular flexibility index (Phi) is 5.69. The molecule has 32 heavy (non-hydrogen) atoms. The van der Waals surface area contributed by atoms with Crippen LogP contribution in [0.3, 0.4) is 0 Å². The molecule has 1 saturated heterocycles. The average Bonchev–Trinajstić information content (AvgIpc) is 3.29. The Labute approximate surface area is 191 Å². The number of nitrogens with zero attached hydrogens (tertiary/aromatic N) is 4. The summed E-state index contributed by atoms with van der Waals surface area (Å²) in [6, 6.07) is 5.31. The number of ketones is 1. The van der Waals surface area contributed by atoms with Gasteiger partial charge < -0.3 is 14.7 Å². The molecule has 2 aromatic rings. The summed E-state index contributed by atoms with van der Waals surface area (Å²) in [7, 11) is 0. The Balaban J connectivity index is 1.53. The largest absolute Gasteiger partial charge is 0.411 e. The summed E-state index contributed by atoms with van der Waals surface area (Å²) in [5, 5.41) is 13.6. The summed E-state index contributed by atoms with van der Waals surface area (Å²) < 4.78 is 12.2. The Morgan fingerprint density at radius 1 is 1.09 bits per heavy atom. The summed E-state index contributed by atoms with van der Waals surface area (Å²) in [5.41, 5.74) is 1.19. The first-order valence-electron chi connectivity index (χ1n) is 11.1. The molecule has 3 fully saturated rings. The Bertz CT molecular complexity index is 1040. The Morgan fingerprint density at radius 2 is 1.81 bits per heavy atom. The monoisotopic (exact) mass is 456 g/mol. The van der Waals surface area contributed by atoms with Crippen LogP contribution in [0.2, 0.25) is 5.28 Å². The number of aromatic nitrogens is 3. The van der Waals surface area contributed by atoms with Crippen molar-refractivity contribution in [2.75, 3.05) is 13.2 Å². The van der Waals surface area contributed by atoms with Crippen LogP contribution in [0, 0.1) is 11.3 Å². The zero-order valence-electron chi connectivity index (χ0n) is 17.7. The lowest BCUT2D eigenvalue weighted by Crippen LogP contribution is -2.60. The number of halogens is 1. The van der Waals surface area contributed by atoms with Gasteiger partial charge in [0.15, 0.2) is 11.6 Å². The Morgan fingerprint density at radius 3 is 2.56 bits per heavy atom. The normalized spacial score (nSPS) is 27.8. The van der Waals surface area contributed by atoms with Crippen molar-refractivity contribution in [3.05, 3.63) is 41.6 Å². The van der Waals surface area contributed by atoms with Gasteiger partial charge in [-0.3, -0.25) is 9.78 Å². The minimum atomic E-state index is -0.868. The molecule has 2 aliphatic carbocycles. The smallest absolute Gasteiger partial charge is 0.223 e. The lowest BCUT2D eigenvalue weighted by Gasteiger charge is -2.52. The van der Waals surface area contributed by atoms with Gasteiger partial charge in [0, 0.05) is 24.4 Å². The van der Waals surface area contributed by atoms with Gasteiger partial charge in [-0.1, -0.05) is 18.0 Å². The number of Topliss-reactive ketones (excluding diaryl/α,β-unsaturated/α-hetero) is 1. The zero-order chi connectivity index (χ0) is 22.2. The fourth-order valence-corrected chi connectivity index (χ4v) is 5.87. The fourth-order valence-electron chi connectivity index (χ4n) is 5.69. The molecule has 1 N–H and O–H groups in total. The van der Waals surface area contributed by atoms with E-state index in [0.717, 1.165) is 24.8 Å². The van der Waals surface area contributed by atoms with E-state index < -0.39 is 17.1 Å². The number of hydrogen-bond donors (Lipinski definition) is 1. The van der Waals surface area contributed by atoms with Crippen LogP contribution in [0.25, 0.3) is 11.3 Å². The van der Waals surface area contributed by atoms with Gasteiger partial charge in [-0.15, -0.1) is 0 Å². The number of ether oxygens (including phenoxy) is 2. The Hall–Kier alpha value is -2.42. The van der Waals surface area contributed by atoms with Crippen molar-refractivity contribution >= 4 is 23.1 Å². The van der Waals surface area contributed by atoms with Crippen molar-refractivity contribution < 1.29 is 19.5 Å². The van der Waals surface area contributed by atoms with Gasteiger partial charge in [0.05, 0.1) is 35.9 Å². The molecule has 2 saturated carbocycles. The highest BCUT2D eigenvalue weighted by atomic mass is 35.5. The van der Waals surface area contributed by atoms with Crippen LogP contribution < -0.4 is 0 Å².